The quantitative estimate of drug-likeness (QED) is 0.192. The molecule has 3 aliphatic heterocycles. The van der Waals surface area contributed by atoms with E-state index in [0.29, 0.717) is 5.56 Å². The zero-order valence-corrected chi connectivity index (χ0v) is 21.0. The smallest absolute Gasteiger partial charge is 0.287 e. The maximum atomic E-state index is 14.3. The van der Waals surface area contributed by atoms with Crippen molar-refractivity contribution in [2.24, 2.45) is 0 Å². The van der Waals surface area contributed by atoms with Gasteiger partial charge in [-0.15, -0.1) is 0 Å². The lowest BCUT2D eigenvalue weighted by Gasteiger charge is -2.37. The number of carbonyl (C=O) groups is 1. The first kappa shape index (κ1) is 24.9. The summed E-state index contributed by atoms with van der Waals surface area (Å²) >= 11 is 0. The Bertz CT molecular complexity index is 1750. The summed E-state index contributed by atoms with van der Waals surface area (Å²) in [6.07, 6.45) is -2.30. The summed E-state index contributed by atoms with van der Waals surface area (Å²) < 4.78 is 18.5. The van der Waals surface area contributed by atoms with Crippen LogP contribution in [0.4, 0.5) is 0 Å². The van der Waals surface area contributed by atoms with E-state index in [-0.39, 0.29) is 63.2 Å². The molecule has 208 valence electrons. The van der Waals surface area contributed by atoms with Crippen molar-refractivity contribution in [2.75, 3.05) is 0 Å². The molecular formula is C30H22O11. The SMILES string of the molecule is O=C1c2c(O)cc(O)cc2O[C@]12c1c(cc(O)c3c1O[C@H](c1ccc(O)cc1)[C@H](O)C3)O[C@]2(O)c1ccc(O)cc1. The number of phenols is 5. The molecule has 0 fully saturated rings. The van der Waals surface area contributed by atoms with Crippen molar-refractivity contribution in [1.29, 1.82) is 0 Å². The predicted octanol–water partition coefficient (Wildman–Crippen LogP) is 2.96. The molecule has 1 spiro atoms. The van der Waals surface area contributed by atoms with Crippen molar-refractivity contribution in [2.45, 2.75) is 30.0 Å². The number of fused-ring (bicyclic) bond motifs is 5. The van der Waals surface area contributed by atoms with E-state index in [0.717, 1.165) is 12.1 Å². The first-order valence-electron chi connectivity index (χ1n) is 12.6. The second-order valence-corrected chi connectivity index (χ2v) is 10.2. The molecule has 4 aromatic rings. The number of ketones is 1. The van der Waals surface area contributed by atoms with Crippen LogP contribution < -0.4 is 14.2 Å². The number of carbonyl (C=O) groups excluding carboxylic acids is 1. The van der Waals surface area contributed by atoms with Crippen LogP contribution in [0, 0.1) is 0 Å². The molecule has 4 aromatic carbocycles. The van der Waals surface area contributed by atoms with E-state index in [9.17, 15) is 40.5 Å². The van der Waals surface area contributed by atoms with Crippen LogP contribution >= 0.6 is 0 Å². The van der Waals surface area contributed by atoms with Crippen LogP contribution in [0.5, 0.6) is 46.0 Å². The van der Waals surface area contributed by atoms with Crippen molar-refractivity contribution < 1.29 is 54.8 Å². The van der Waals surface area contributed by atoms with Crippen LogP contribution in [-0.4, -0.2) is 47.6 Å². The van der Waals surface area contributed by atoms with E-state index < -0.39 is 40.9 Å². The Morgan fingerprint density at radius 1 is 0.756 bits per heavy atom. The van der Waals surface area contributed by atoms with Gasteiger partial charge in [-0.2, -0.15) is 0 Å². The summed E-state index contributed by atoms with van der Waals surface area (Å²) in [7, 11) is 0. The Balaban J connectivity index is 1.50. The fourth-order valence-electron chi connectivity index (χ4n) is 5.90. The summed E-state index contributed by atoms with van der Waals surface area (Å²) in [4.78, 5) is 14.3. The second-order valence-electron chi connectivity index (χ2n) is 10.2. The molecule has 0 unspecified atom stereocenters. The van der Waals surface area contributed by atoms with Gasteiger partial charge in [0.15, 0.2) is 0 Å². The summed E-state index contributed by atoms with van der Waals surface area (Å²) in [5, 5.41) is 74.6. The van der Waals surface area contributed by atoms with Gasteiger partial charge in [0.25, 0.3) is 11.4 Å². The van der Waals surface area contributed by atoms with E-state index in [4.69, 9.17) is 14.2 Å². The van der Waals surface area contributed by atoms with Crippen molar-refractivity contribution in [3.8, 4) is 46.0 Å². The lowest BCUT2D eigenvalue weighted by Crippen LogP contribution is -2.55. The fourth-order valence-corrected chi connectivity index (χ4v) is 5.90. The lowest BCUT2D eigenvalue weighted by molar-refractivity contribution is -0.218. The first-order valence-corrected chi connectivity index (χ1v) is 12.6. The monoisotopic (exact) mass is 558 g/mol. The number of ether oxygens (including phenoxy) is 3. The molecular weight excluding hydrogens is 536 g/mol. The highest BCUT2D eigenvalue weighted by Crippen LogP contribution is 2.64. The zero-order valence-electron chi connectivity index (χ0n) is 21.0. The average molecular weight is 558 g/mol. The van der Waals surface area contributed by atoms with Gasteiger partial charge in [0.2, 0.25) is 5.78 Å². The molecule has 0 aromatic heterocycles. The molecule has 0 radical (unpaired) electrons. The molecule has 7 rings (SSSR count). The highest BCUT2D eigenvalue weighted by Gasteiger charge is 2.73. The molecule has 0 saturated heterocycles. The Morgan fingerprint density at radius 2 is 1.41 bits per heavy atom. The van der Waals surface area contributed by atoms with E-state index in [1.54, 1.807) is 12.1 Å². The average Bonchev–Trinajstić information content (AvgIpc) is 3.36. The van der Waals surface area contributed by atoms with E-state index in [1.807, 2.05) is 0 Å². The van der Waals surface area contributed by atoms with E-state index in [1.165, 1.54) is 42.5 Å². The van der Waals surface area contributed by atoms with Crippen LogP contribution in [0.2, 0.25) is 0 Å². The number of benzene rings is 4. The maximum absolute atomic E-state index is 14.3. The third-order valence-corrected chi connectivity index (χ3v) is 7.78. The topological polar surface area (TPSA) is 186 Å². The number of hydrogen-bond donors (Lipinski definition) is 7. The van der Waals surface area contributed by atoms with Gasteiger partial charge in [0.05, 0.1) is 11.7 Å². The highest BCUT2D eigenvalue weighted by molar-refractivity contribution is 6.12. The van der Waals surface area contributed by atoms with Crippen molar-refractivity contribution in [3.63, 3.8) is 0 Å². The minimum Gasteiger partial charge on any atom is -0.508 e. The number of aliphatic hydroxyl groups is 2. The van der Waals surface area contributed by atoms with Gasteiger partial charge in [0.1, 0.15) is 57.7 Å². The zero-order chi connectivity index (χ0) is 28.8. The van der Waals surface area contributed by atoms with Gasteiger partial charge in [-0.1, -0.05) is 12.1 Å². The van der Waals surface area contributed by atoms with Gasteiger partial charge in [0, 0.05) is 35.7 Å². The van der Waals surface area contributed by atoms with E-state index in [2.05, 4.69) is 0 Å². The number of Topliss-reactive ketones (excluding diaryl/α,β-unsaturated/α-hetero) is 1. The molecule has 4 atom stereocenters. The van der Waals surface area contributed by atoms with Crippen LogP contribution in [0.3, 0.4) is 0 Å². The summed E-state index contributed by atoms with van der Waals surface area (Å²) in [6, 6.07) is 14.3. The molecule has 11 nitrogen and oxygen atoms in total. The summed E-state index contributed by atoms with van der Waals surface area (Å²) in [5.41, 5.74) is -2.34. The predicted molar refractivity (Wildman–Crippen MR) is 138 cm³/mol. The number of hydrogen-bond acceptors (Lipinski definition) is 11. The van der Waals surface area contributed by atoms with Crippen molar-refractivity contribution in [1.82, 2.24) is 0 Å². The normalized spacial score (nSPS) is 25.6. The van der Waals surface area contributed by atoms with Gasteiger partial charge in [-0.25, -0.2) is 0 Å². The van der Waals surface area contributed by atoms with E-state index >= 15 is 0 Å². The molecule has 11 heteroatoms. The van der Waals surface area contributed by atoms with Gasteiger partial charge >= 0.3 is 0 Å². The molecule has 0 aliphatic carbocycles. The van der Waals surface area contributed by atoms with Crippen LogP contribution in [-0.2, 0) is 17.8 Å². The molecule has 7 N–H and O–H groups in total. The van der Waals surface area contributed by atoms with Gasteiger partial charge < -0.3 is 50.0 Å². The standard InChI is InChI=1S/C30H22O11/c31-15-5-1-13(2-6-15)26-21(36)11-18-19(34)12-23-25(27(18)39-26)29(30(38,41-23)14-3-7-16(32)8-4-14)28(37)24-20(35)9-17(33)10-22(24)40-29/h1-10,12,21,26,31-36,38H,11H2/t21-,26-,29-,30-/m1/s1. The summed E-state index contributed by atoms with van der Waals surface area (Å²) in [6.45, 7) is 0. The van der Waals surface area contributed by atoms with Crippen molar-refractivity contribution in [3.05, 3.63) is 94.5 Å². The van der Waals surface area contributed by atoms with Gasteiger partial charge in [-0.05, 0) is 42.0 Å². The Morgan fingerprint density at radius 3 is 2.10 bits per heavy atom. The van der Waals surface area contributed by atoms with Crippen molar-refractivity contribution >= 4 is 5.78 Å². The van der Waals surface area contributed by atoms with Crippen LogP contribution in [0.25, 0.3) is 0 Å². The summed E-state index contributed by atoms with van der Waals surface area (Å²) in [5.74, 6) is -5.55. The molecule has 0 saturated carbocycles. The number of phenolic OH excluding ortho intramolecular Hbond substituents is 5. The Labute approximate surface area is 231 Å². The molecule has 0 bridgehead atoms. The number of aliphatic hydroxyl groups excluding tert-OH is 1. The van der Waals surface area contributed by atoms with Crippen LogP contribution in [0.15, 0.2) is 66.7 Å². The highest BCUT2D eigenvalue weighted by atomic mass is 16.7. The minimum atomic E-state index is -2.63. The third kappa shape index (κ3) is 3.24. The molecule has 41 heavy (non-hydrogen) atoms. The maximum Gasteiger partial charge on any atom is 0.287 e. The fraction of sp³-hybridized carbons (Fsp3) is 0.167. The second kappa shape index (κ2) is 8.19. The molecule has 0 amide bonds. The minimum absolute atomic E-state index is 0.00456. The number of rotatable bonds is 2. The largest absolute Gasteiger partial charge is 0.508 e. The first-order chi connectivity index (χ1) is 19.5. The Hall–Kier alpha value is -5.13. The molecule has 3 heterocycles. The van der Waals surface area contributed by atoms with Gasteiger partial charge in [-0.3, -0.25) is 4.79 Å². The van der Waals surface area contributed by atoms with Crippen LogP contribution in [0.1, 0.15) is 38.7 Å². The number of aromatic hydroxyl groups is 5. The Kier molecular flexibility index (Phi) is 4.97. The lowest BCUT2D eigenvalue weighted by atomic mass is 9.77. The third-order valence-electron chi connectivity index (χ3n) is 7.78. The molecule has 3 aliphatic rings.